The molecule has 0 saturated heterocycles. The number of amides is 1. The minimum Gasteiger partial charge on any atom is -0.476 e. The van der Waals surface area contributed by atoms with Crippen molar-refractivity contribution < 1.29 is 17.9 Å². The van der Waals surface area contributed by atoms with Crippen LogP contribution in [0.2, 0.25) is 5.02 Å². The van der Waals surface area contributed by atoms with E-state index in [1.54, 1.807) is 24.3 Å². The van der Waals surface area contributed by atoms with Crippen LogP contribution in [0.3, 0.4) is 0 Å². The van der Waals surface area contributed by atoms with Gasteiger partial charge < -0.3 is 10.1 Å². The van der Waals surface area contributed by atoms with Gasteiger partial charge in [-0.1, -0.05) is 37.6 Å². The number of ether oxygens (including phenoxy) is 1. The van der Waals surface area contributed by atoms with Gasteiger partial charge in [-0.05, 0) is 49.2 Å². The Labute approximate surface area is 170 Å². The molecular weight excluding hydrogens is 400 g/mol. The molecule has 0 radical (unpaired) electrons. The minimum atomic E-state index is -3.89. The second-order valence-corrected chi connectivity index (χ2v) is 9.40. The van der Waals surface area contributed by atoms with Gasteiger partial charge in [0.15, 0.2) is 6.10 Å². The molecule has 1 heterocycles. The normalized spacial score (nSPS) is 17.6. The molecule has 0 saturated carbocycles. The Kier molecular flexibility index (Phi) is 5.86. The summed E-state index contributed by atoms with van der Waals surface area (Å²) in [6.07, 6.45) is -0.946. The number of para-hydroxylation sites is 2. The number of rotatable bonds is 5. The number of anilines is 1. The molecule has 1 aliphatic rings. The summed E-state index contributed by atoms with van der Waals surface area (Å²) in [6, 6.07) is 12.7. The fraction of sp³-hybridized carbons (Fsp3) is 0.350. The Hall–Kier alpha value is -2.25. The maximum Gasteiger partial charge on any atom is 0.264 e. The zero-order chi connectivity index (χ0) is 20.5. The molecule has 0 aromatic heterocycles. The summed E-state index contributed by atoms with van der Waals surface area (Å²) in [4.78, 5) is 12.8. The number of hydrogen-bond acceptors (Lipinski definition) is 4. The quantitative estimate of drug-likeness (QED) is 0.800. The van der Waals surface area contributed by atoms with Gasteiger partial charge in [-0.25, -0.2) is 8.42 Å². The third-order valence-electron chi connectivity index (χ3n) is 4.80. The van der Waals surface area contributed by atoms with E-state index in [-0.39, 0.29) is 29.3 Å². The minimum absolute atomic E-state index is 0.0606. The average Bonchev–Trinajstić information content (AvgIpc) is 2.67. The van der Waals surface area contributed by atoms with Crippen molar-refractivity contribution in [2.45, 2.75) is 37.8 Å². The molecule has 150 valence electrons. The lowest BCUT2D eigenvalue weighted by atomic mass is 10.1. The van der Waals surface area contributed by atoms with E-state index in [0.717, 1.165) is 0 Å². The predicted octanol–water partition coefficient (Wildman–Crippen LogP) is 3.46. The lowest BCUT2D eigenvalue weighted by molar-refractivity contribution is -0.128. The van der Waals surface area contributed by atoms with Crippen molar-refractivity contribution in [2.24, 2.45) is 5.92 Å². The second-order valence-electron chi connectivity index (χ2n) is 7.11. The zero-order valence-electron chi connectivity index (χ0n) is 15.9. The molecule has 3 rings (SSSR count). The van der Waals surface area contributed by atoms with Gasteiger partial charge in [0.25, 0.3) is 15.9 Å². The molecule has 2 aromatic carbocycles. The highest BCUT2D eigenvalue weighted by molar-refractivity contribution is 7.92. The van der Waals surface area contributed by atoms with Gasteiger partial charge in [0.1, 0.15) is 5.75 Å². The molecule has 8 heteroatoms. The van der Waals surface area contributed by atoms with Crippen LogP contribution in [-0.2, 0) is 14.8 Å². The van der Waals surface area contributed by atoms with E-state index < -0.39 is 16.1 Å². The third kappa shape index (κ3) is 4.10. The fourth-order valence-corrected chi connectivity index (χ4v) is 4.39. The highest BCUT2D eigenvalue weighted by Gasteiger charge is 2.37. The summed E-state index contributed by atoms with van der Waals surface area (Å²) in [5, 5.41) is 3.34. The fourth-order valence-electron chi connectivity index (χ4n) is 2.78. The summed E-state index contributed by atoms with van der Waals surface area (Å²) in [5.41, 5.74) is 0.401. The molecule has 1 N–H and O–H groups in total. The molecule has 0 bridgehead atoms. The number of halogens is 1. The Morgan fingerprint density at radius 2 is 1.79 bits per heavy atom. The topological polar surface area (TPSA) is 75.7 Å². The standard InChI is InChI=1S/C20H23ClN2O4S/c1-13(2)14(3)22-20(24)19-12-23(17-6-4-5-7-18(17)27-19)28(25,26)16-10-8-15(21)9-11-16/h4-11,13-14,19H,12H2,1-3H3,(H,22,24)/t14-,19-/m1/s1. The largest absolute Gasteiger partial charge is 0.476 e. The third-order valence-corrected chi connectivity index (χ3v) is 6.84. The van der Waals surface area contributed by atoms with Crippen molar-refractivity contribution in [3.05, 3.63) is 53.6 Å². The second kappa shape index (κ2) is 8.01. The smallest absolute Gasteiger partial charge is 0.264 e. The van der Waals surface area contributed by atoms with Gasteiger partial charge >= 0.3 is 0 Å². The van der Waals surface area contributed by atoms with Crippen LogP contribution in [0, 0.1) is 5.92 Å². The molecule has 0 fully saturated rings. The summed E-state index contributed by atoms with van der Waals surface area (Å²) < 4.78 is 33.5. The van der Waals surface area contributed by atoms with Crippen molar-refractivity contribution >= 4 is 33.2 Å². The van der Waals surface area contributed by atoms with Crippen molar-refractivity contribution in [3.63, 3.8) is 0 Å². The van der Waals surface area contributed by atoms with Crippen LogP contribution in [0.5, 0.6) is 5.75 Å². The molecule has 6 nitrogen and oxygen atoms in total. The van der Waals surface area contributed by atoms with E-state index in [0.29, 0.717) is 16.5 Å². The lowest BCUT2D eigenvalue weighted by Crippen LogP contribution is -2.52. The Morgan fingerprint density at radius 1 is 1.14 bits per heavy atom. The highest BCUT2D eigenvalue weighted by Crippen LogP contribution is 2.37. The Morgan fingerprint density at radius 3 is 2.43 bits per heavy atom. The number of carbonyl (C=O) groups excluding carboxylic acids is 1. The summed E-state index contributed by atoms with van der Waals surface area (Å²) >= 11 is 5.89. The number of fused-ring (bicyclic) bond motifs is 1. The molecule has 0 spiro atoms. The molecule has 1 amide bonds. The first kappa shape index (κ1) is 20.5. The van der Waals surface area contributed by atoms with Gasteiger partial charge in [-0.15, -0.1) is 0 Å². The number of hydrogen-bond donors (Lipinski definition) is 1. The molecule has 2 atom stereocenters. The number of nitrogens with one attached hydrogen (secondary N) is 1. The van der Waals surface area contributed by atoms with Crippen LogP contribution in [0.15, 0.2) is 53.4 Å². The molecule has 2 aromatic rings. The average molecular weight is 423 g/mol. The van der Waals surface area contributed by atoms with Crippen molar-refractivity contribution in [1.82, 2.24) is 5.32 Å². The SMILES string of the molecule is CC(C)[C@@H](C)NC(=O)[C@H]1CN(S(=O)(=O)c2ccc(Cl)cc2)c2ccccc2O1. The Bertz CT molecular complexity index is 960. The molecule has 0 aliphatic carbocycles. The first-order valence-corrected chi connectivity index (χ1v) is 10.9. The molecule has 28 heavy (non-hydrogen) atoms. The van der Waals surface area contributed by atoms with Gasteiger partial charge in [0.05, 0.1) is 17.1 Å². The van der Waals surface area contributed by atoms with Crippen molar-refractivity contribution in [2.75, 3.05) is 10.8 Å². The van der Waals surface area contributed by atoms with Crippen molar-refractivity contribution in [1.29, 1.82) is 0 Å². The maximum atomic E-state index is 13.3. The van der Waals surface area contributed by atoms with Gasteiger partial charge in [0.2, 0.25) is 0 Å². The van der Waals surface area contributed by atoms with Gasteiger partial charge in [-0.2, -0.15) is 0 Å². The number of carbonyl (C=O) groups is 1. The Balaban J connectivity index is 1.96. The van der Waals surface area contributed by atoms with Crippen LogP contribution >= 0.6 is 11.6 Å². The monoisotopic (exact) mass is 422 g/mol. The van der Waals surface area contributed by atoms with Crippen LogP contribution in [0.4, 0.5) is 5.69 Å². The zero-order valence-corrected chi connectivity index (χ0v) is 17.5. The van der Waals surface area contributed by atoms with Crippen LogP contribution < -0.4 is 14.4 Å². The first-order valence-electron chi connectivity index (χ1n) is 9.04. The predicted molar refractivity (Wildman–Crippen MR) is 109 cm³/mol. The van der Waals surface area contributed by atoms with Crippen LogP contribution in [0.25, 0.3) is 0 Å². The molecule has 0 unspecified atom stereocenters. The van der Waals surface area contributed by atoms with Gasteiger partial charge in [0, 0.05) is 11.1 Å². The molecular formula is C20H23ClN2O4S. The van der Waals surface area contributed by atoms with E-state index in [9.17, 15) is 13.2 Å². The maximum absolute atomic E-state index is 13.3. The summed E-state index contributed by atoms with van der Waals surface area (Å²) in [7, 11) is -3.89. The van der Waals surface area contributed by atoms with Gasteiger partial charge in [-0.3, -0.25) is 9.10 Å². The number of benzene rings is 2. The van der Waals surface area contributed by atoms with Crippen LogP contribution in [-0.4, -0.2) is 33.0 Å². The number of nitrogens with zero attached hydrogens (tertiary/aromatic N) is 1. The molecule has 1 aliphatic heterocycles. The van der Waals surface area contributed by atoms with Crippen molar-refractivity contribution in [3.8, 4) is 5.75 Å². The van der Waals surface area contributed by atoms with E-state index in [1.807, 2.05) is 20.8 Å². The van der Waals surface area contributed by atoms with E-state index in [1.165, 1.54) is 28.6 Å². The highest BCUT2D eigenvalue weighted by atomic mass is 35.5. The summed E-state index contributed by atoms with van der Waals surface area (Å²) in [6.45, 7) is 5.79. The number of sulfonamides is 1. The first-order chi connectivity index (χ1) is 13.2. The van der Waals surface area contributed by atoms with E-state index >= 15 is 0 Å². The van der Waals surface area contributed by atoms with E-state index in [4.69, 9.17) is 16.3 Å². The van der Waals surface area contributed by atoms with Crippen LogP contribution in [0.1, 0.15) is 20.8 Å². The lowest BCUT2D eigenvalue weighted by Gasteiger charge is -2.35. The summed E-state index contributed by atoms with van der Waals surface area (Å²) in [5.74, 6) is 0.254. The van der Waals surface area contributed by atoms with E-state index in [2.05, 4.69) is 5.32 Å².